The van der Waals surface area contributed by atoms with Crippen molar-refractivity contribution in [1.29, 1.82) is 5.26 Å². The van der Waals surface area contributed by atoms with Crippen LogP contribution in [0.15, 0.2) is 34.1 Å². The zero-order valence-corrected chi connectivity index (χ0v) is 19.9. The van der Waals surface area contributed by atoms with E-state index < -0.39 is 5.54 Å². The van der Waals surface area contributed by atoms with E-state index >= 15 is 0 Å². The summed E-state index contributed by atoms with van der Waals surface area (Å²) in [4.78, 5) is 22.4. The number of carbonyl (C=O) groups excluding carboxylic acids is 1. The van der Waals surface area contributed by atoms with E-state index in [1.54, 1.807) is 12.4 Å². The Labute approximate surface area is 202 Å². The molecule has 0 saturated carbocycles. The lowest BCUT2D eigenvalue weighted by Crippen LogP contribution is -2.52. The summed E-state index contributed by atoms with van der Waals surface area (Å²) < 4.78 is 13.6. The van der Waals surface area contributed by atoms with E-state index in [2.05, 4.69) is 16.0 Å². The zero-order chi connectivity index (χ0) is 23.9. The van der Waals surface area contributed by atoms with Gasteiger partial charge in [0.05, 0.1) is 43.6 Å². The minimum atomic E-state index is -0.402. The van der Waals surface area contributed by atoms with Crippen molar-refractivity contribution in [2.75, 3.05) is 32.8 Å². The Morgan fingerprint density at radius 3 is 2.94 bits per heavy atom. The number of allylic oxidation sites excluding steroid dienone is 1. The summed E-state index contributed by atoms with van der Waals surface area (Å²) in [5, 5.41) is 14.3. The molecule has 0 aliphatic carbocycles. The van der Waals surface area contributed by atoms with Crippen LogP contribution in [-0.2, 0) is 15.1 Å². The van der Waals surface area contributed by atoms with Crippen LogP contribution in [0.25, 0.3) is 11.1 Å². The largest absolute Gasteiger partial charge is 0.472 e. The number of pyridine rings is 1. The van der Waals surface area contributed by atoms with E-state index in [-0.39, 0.29) is 23.5 Å². The van der Waals surface area contributed by atoms with Crippen LogP contribution < -0.4 is 4.74 Å². The predicted octanol–water partition coefficient (Wildman–Crippen LogP) is 2.76. The van der Waals surface area contributed by atoms with Gasteiger partial charge in [0.15, 0.2) is 5.78 Å². The highest BCUT2D eigenvalue weighted by Gasteiger charge is 2.43. The maximum atomic E-state index is 11.9. The van der Waals surface area contributed by atoms with Gasteiger partial charge in [0.2, 0.25) is 5.88 Å². The van der Waals surface area contributed by atoms with Gasteiger partial charge in [-0.3, -0.25) is 14.5 Å². The van der Waals surface area contributed by atoms with E-state index in [4.69, 9.17) is 26.2 Å². The average Bonchev–Trinajstić information content (AvgIpc) is 3.37. The summed E-state index contributed by atoms with van der Waals surface area (Å²) in [5.41, 5.74) is 4.11. The lowest BCUT2D eigenvalue weighted by atomic mass is 9.93. The number of dihydropyridines is 1. The number of aryl methyl sites for hydroxylation is 1. The van der Waals surface area contributed by atoms with Crippen LogP contribution in [0.5, 0.6) is 5.88 Å². The lowest BCUT2D eigenvalue weighted by molar-refractivity contribution is -0.113. The normalized spacial score (nSPS) is 21.5. The molecule has 0 spiro atoms. The average molecular weight is 481 g/mol. The fourth-order valence-corrected chi connectivity index (χ4v) is 5.08. The van der Waals surface area contributed by atoms with E-state index in [1.807, 2.05) is 35.6 Å². The summed E-state index contributed by atoms with van der Waals surface area (Å²) >= 11 is 6.22. The Morgan fingerprint density at radius 1 is 1.38 bits per heavy atom. The van der Waals surface area contributed by atoms with Crippen LogP contribution in [0, 0.1) is 25.2 Å². The Kier molecular flexibility index (Phi) is 5.88. The van der Waals surface area contributed by atoms with E-state index in [1.165, 1.54) is 0 Å². The molecule has 2 aromatic rings. The number of likely N-dealkylation sites (tertiary alicyclic amines) is 1. The van der Waals surface area contributed by atoms with Crippen LogP contribution in [0.1, 0.15) is 24.2 Å². The summed E-state index contributed by atoms with van der Waals surface area (Å²) in [7, 11) is 0. The van der Waals surface area contributed by atoms with Crippen LogP contribution in [0.2, 0.25) is 0 Å². The monoisotopic (exact) mass is 480 g/mol. The summed E-state index contributed by atoms with van der Waals surface area (Å²) in [6.07, 6.45) is 4.46. The molecule has 3 aliphatic rings. The van der Waals surface area contributed by atoms with Gasteiger partial charge in [-0.1, -0.05) is 11.6 Å². The smallest absolute Gasteiger partial charge is 0.214 e. The SMILES string of the molecule is Cc1nn(C2(CC#N)COC2)c(C)c1-c1ccnc(O[C@@H]2CCN(C3=C(Cl)C(=O)CN=C3)C2)c1. The summed E-state index contributed by atoms with van der Waals surface area (Å²) in [6.45, 7) is 6.40. The third kappa shape index (κ3) is 3.87. The first kappa shape index (κ1) is 22.6. The van der Waals surface area contributed by atoms with E-state index in [9.17, 15) is 10.1 Å². The van der Waals surface area contributed by atoms with Crippen molar-refractivity contribution in [3.05, 3.63) is 40.4 Å². The molecule has 9 nitrogen and oxygen atoms in total. The fourth-order valence-electron chi connectivity index (χ4n) is 4.85. The first-order chi connectivity index (χ1) is 16.4. The number of Topliss-reactive ketones (excluding diaryl/α,β-unsaturated/α-hetero) is 1. The Balaban J connectivity index is 1.35. The van der Waals surface area contributed by atoms with Crippen molar-refractivity contribution in [3.8, 4) is 23.1 Å². The highest BCUT2D eigenvalue weighted by atomic mass is 35.5. The van der Waals surface area contributed by atoms with Crippen molar-refractivity contribution in [2.24, 2.45) is 4.99 Å². The minimum absolute atomic E-state index is 0.0823. The molecule has 2 aromatic heterocycles. The van der Waals surface area contributed by atoms with Gasteiger partial charge in [0.1, 0.15) is 23.2 Å². The molecular formula is C24H25ClN6O3. The number of aliphatic imine (C=N–C) groups is 1. The highest BCUT2D eigenvalue weighted by Crippen LogP contribution is 2.36. The molecule has 2 saturated heterocycles. The van der Waals surface area contributed by atoms with Gasteiger partial charge in [-0.15, -0.1) is 0 Å². The second-order valence-electron chi connectivity index (χ2n) is 8.96. The molecule has 5 rings (SSSR count). The standard InChI is InChI=1S/C24H25ClN6O3/c1-15-22(16(2)31(29-15)24(5-6-26)13-33-14-24)17-3-7-28-21(9-17)34-18-4-8-30(12-18)19-10-27-11-20(32)23(19)25/h3,7,9-10,18H,4-5,8,11-14H2,1-2H3/t18-/m1/s1. The Hall–Kier alpha value is -3.22. The molecule has 5 heterocycles. The molecule has 10 heteroatoms. The number of nitrogens with zero attached hydrogens (tertiary/aromatic N) is 6. The van der Waals surface area contributed by atoms with Crippen LogP contribution >= 0.6 is 11.6 Å². The Morgan fingerprint density at radius 2 is 2.21 bits per heavy atom. The number of hydrogen-bond donors (Lipinski definition) is 0. The third-order valence-electron chi connectivity index (χ3n) is 6.60. The molecule has 176 valence electrons. The third-order valence-corrected chi connectivity index (χ3v) is 7.01. The number of hydrogen-bond acceptors (Lipinski definition) is 8. The van der Waals surface area contributed by atoms with Crippen LogP contribution in [0.4, 0.5) is 0 Å². The van der Waals surface area contributed by atoms with Crippen LogP contribution in [0.3, 0.4) is 0 Å². The fraction of sp³-hybridized carbons (Fsp3) is 0.458. The van der Waals surface area contributed by atoms with Gasteiger partial charge in [-0.25, -0.2) is 4.98 Å². The molecule has 2 fully saturated rings. The highest BCUT2D eigenvalue weighted by molar-refractivity contribution is 6.44. The molecule has 0 aromatic carbocycles. The number of carbonyl (C=O) groups is 1. The molecule has 0 N–H and O–H groups in total. The first-order valence-corrected chi connectivity index (χ1v) is 11.6. The van der Waals surface area contributed by atoms with Gasteiger partial charge in [0, 0.05) is 42.7 Å². The summed E-state index contributed by atoms with van der Waals surface area (Å²) in [6, 6.07) is 6.14. The maximum Gasteiger partial charge on any atom is 0.214 e. The van der Waals surface area contributed by atoms with Crippen molar-refractivity contribution >= 4 is 23.6 Å². The molecule has 34 heavy (non-hydrogen) atoms. The zero-order valence-electron chi connectivity index (χ0n) is 19.1. The second-order valence-corrected chi connectivity index (χ2v) is 9.34. The lowest BCUT2D eigenvalue weighted by Gasteiger charge is -2.40. The Bertz CT molecular complexity index is 1240. The molecular weight excluding hydrogens is 456 g/mol. The van der Waals surface area contributed by atoms with Gasteiger partial charge in [0.25, 0.3) is 0 Å². The van der Waals surface area contributed by atoms with Crippen molar-refractivity contribution in [3.63, 3.8) is 0 Å². The van der Waals surface area contributed by atoms with Crippen molar-refractivity contribution in [1.82, 2.24) is 19.7 Å². The molecule has 0 unspecified atom stereocenters. The molecule has 0 amide bonds. The minimum Gasteiger partial charge on any atom is -0.472 e. The molecule has 0 radical (unpaired) electrons. The van der Waals surface area contributed by atoms with Gasteiger partial charge in [-0.2, -0.15) is 10.4 Å². The van der Waals surface area contributed by atoms with Gasteiger partial charge >= 0.3 is 0 Å². The predicted molar refractivity (Wildman–Crippen MR) is 126 cm³/mol. The molecule has 3 aliphatic heterocycles. The number of nitriles is 1. The molecule has 0 bridgehead atoms. The topological polar surface area (TPSA) is 106 Å². The van der Waals surface area contributed by atoms with Gasteiger partial charge in [-0.05, 0) is 25.5 Å². The number of ketones is 1. The van der Waals surface area contributed by atoms with Crippen molar-refractivity contribution in [2.45, 2.75) is 38.3 Å². The van der Waals surface area contributed by atoms with Gasteiger partial charge < -0.3 is 14.4 Å². The van der Waals surface area contributed by atoms with E-state index in [0.717, 1.165) is 35.5 Å². The van der Waals surface area contributed by atoms with E-state index in [0.29, 0.717) is 37.8 Å². The number of halogens is 1. The molecule has 1 atom stereocenters. The quantitative estimate of drug-likeness (QED) is 0.625. The number of rotatable bonds is 6. The second kappa shape index (κ2) is 8.85. The maximum absolute atomic E-state index is 11.9. The first-order valence-electron chi connectivity index (χ1n) is 11.2. The number of aromatic nitrogens is 3. The van der Waals surface area contributed by atoms with Crippen molar-refractivity contribution < 1.29 is 14.3 Å². The summed E-state index contributed by atoms with van der Waals surface area (Å²) in [5.74, 6) is 0.372. The van der Waals surface area contributed by atoms with Crippen LogP contribution in [-0.4, -0.2) is 70.6 Å². The number of ether oxygens (including phenoxy) is 2.